The maximum Gasteiger partial charge on any atom is 0.269 e. The number of hydrazine groups is 1. The van der Waals surface area contributed by atoms with Gasteiger partial charge in [0.15, 0.2) is 0 Å². The van der Waals surface area contributed by atoms with Crippen LogP contribution >= 0.6 is 11.8 Å². The average molecular weight is 375 g/mol. The maximum absolute atomic E-state index is 11.8. The first kappa shape index (κ1) is 19.3. The Labute approximate surface area is 154 Å². The van der Waals surface area contributed by atoms with Crippen LogP contribution in [0.1, 0.15) is 5.56 Å². The number of amides is 2. The summed E-state index contributed by atoms with van der Waals surface area (Å²) in [6.07, 6.45) is 0.125. The normalized spacial score (nSPS) is 10.0. The molecule has 2 aromatic carbocycles. The first-order valence-electron chi connectivity index (χ1n) is 7.56. The summed E-state index contributed by atoms with van der Waals surface area (Å²) in [7, 11) is 1.56. The van der Waals surface area contributed by atoms with Crippen molar-refractivity contribution in [2.75, 3.05) is 12.9 Å². The quantitative estimate of drug-likeness (QED) is 0.435. The molecule has 136 valence electrons. The molecular formula is C17H17N3O5S. The van der Waals surface area contributed by atoms with Gasteiger partial charge in [0.2, 0.25) is 11.8 Å². The van der Waals surface area contributed by atoms with Crippen LogP contribution in [0.4, 0.5) is 5.69 Å². The predicted octanol–water partition coefficient (Wildman–Crippen LogP) is 2.09. The number of methoxy groups -OCH3 is 1. The Hall–Kier alpha value is -3.07. The molecule has 2 amide bonds. The van der Waals surface area contributed by atoms with Crippen LogP contribution in [0.25, 0.3) is 0 Å². The summed E-state index contributed by atoms with van der Waals surface area (Å²) in [5.74, 6) is 0.0479. The second-order valence-corrected chi connectivity index (χ2v) is 6.21. The van der Waals surface area contributed by atoms with Gasteiger partial charge in [-0.25, -0.2) is 0 Å². The zero-order valence-electron chi connectivity index (χ0n) is 13.9. The van der Waals surface area contributed by atoms with Crippen molar-refractivity contribution >= 4 is 29.3 Å². The summed E-state index contributed by atoms with van der Waals surface area (Å²) < 4.78 is 5.04. The number of hydrogen-bond acceptors (Lipinski definition) is 6. The molecule has 0 heterocycles. The van der Waals surface area contributed by atoms with E-state index in [0.29, 0.717) is 5.75 Å². The molecule has 0 aliphatic heterocycles. The zero-order chi connectivity index (χ0) is 18.9. The molecule has 0 atom stereocenters. The van der Waals surface area contributed by atoms with Crippen molar-refractivity contribution < 1.29 is 19.2 Å². The molecule has 0 saturated heterocycles. The number of nitrogens with zero attached hydrogens (tertiary/aromatic N) is 1. The molecule has 0 fully saturated rings. The standard InChI is InChI=1S/C17H17N3O5S/c1-25-14-6-2-12(3-7-14)10-16(21)18-19-17(22)11-26-15-8-4-13(5-9-15)20(23)24/h2-9H,10-11H2,1H3,(H,18,21)(H,19,22). The molecule has 0 aromatic heterocycles. The second-order valence-electron chi connectivity index (χ2n) is 5.16. The third-order valence-corrected chi connectivity index (χ3v) is 4.29. The lowest BCUT2D eigenvalue weighted by molar-refractivity contribution is -0.384. The van der Waals surface area contributed by atoms with Crippen molar-refractivity contribution in [1.82, 2.24) is 10.9 Å². The fourth-order valence-corrected chi connectivity index (χ4v) is 2.66. The average Bonchev–Trinajstić information content (AvgIpc) is 2.65. The van der Waals surface area contributed by atoms with Crippen molar-refractivity contribution in [2.45, 2.75) is 11.3 Å². The van der Waals surface area contributed by atoms with Gasteiger partial charge in [-0.2, -0.15) is 0 Å². The lowest BCUT2D eigenvalue weighted by atomic mass is 10.1. The Balaban J connectivity index is 1.71. The molecule has 0 bridgehead atoms. The minimum atomic E-state index is -0.487. The molecule has 0 saturated carbocycles. The van der Waals surface area contributed by atoms with Crippen molar-refractivity contribution in [1.29, 1.82) is 0 Å². The van der Waals surface area contributed by atoms with Gasteiger partial charge in [-0.15, -0.1) is 11.8 Å². The van der Waals surface area contributed by atoms with E-state index in [1.807, 2.05) is 0 Å². The van der Waals surface area contributed by atoms with Crippen LogP contribution in [0, 0.1) is 10.1 Å². The second kappa shape index (κ2) is 9.42. The van der Waals surface area contributed by atoms with Gasteiger partial charge < -0.3 is 4.74 Å². The molecule has 26 heavy (non-hydrogen) atoms. The van der Waals surface area contributed by atoms with Crippen LogP contribution in [-0.2, 0) is 16.0 Å². The van der Waals surface area contributed by atoms with Gasteiger partial charge in [-0.3, -0.25) is 30.6 Å². The van der Waals surface area contributed by atoms with Crippen molar-refractivity contribution in [3.63, 3.8) is 0 Å². The molecule has 2 rings (SSSR count). The number of benzene rings is 2. The van der Waals surface area contributed by atoms with Gasteiger partial charge in [0.1, 0.15) is 5.75 Å². The van der Waals surface area contributed by atoms with Gasteiger partial charge in [-0.1, -0.05) is 12.1 Å². The molecule has 9 heteroatoms. The first-order chi connectivity index (χ1) is 12.5. The molecule has 2 N–H and O–H groups in total. The highest BCUT2D eigenvalue weighted by atomic mass is 32.2. The number of thioether (sulfide) groups is 1. The molecule has 8 nitrogen and oxygen atoms in total. The molecule has 0 radical (unpaired) electrons. The van der Waals surface area contributed by atoms with Crippen molar-refractivity contribution in [2.24, 2.45) is 0 Å². The Morgan fingerprint density at radius 1 is 1.04 bits per heavy atom. The van der Waals surface area contributed by atoms with E-state index in [1.54, 1.807) is 43.5 Å². The van der Waals surface area contributed by atoms with Crippen LogP contribution < -0.4 is 15.6 Å². The molecular weight excluding hydrogens is 358 g/mol. The van der Waals surface area contributed by atoms with E-state index in [-0.39, 0.29) is 29.7 Å². The molecule has 0 unspecified atom stereocenters. The van der Waals surface area contributed by atoms with Crippen LogP contribution in [0.5, 0.6) is 5.75 Å². The van der Waals surface area contributed by atoms with Crippen LogP contribution in [0.2, 0.25) is 0 Å². The Morgan fingerprint density at radius 3 is 2.23 bits per heavy atom. The predicted molar refractivity (Wildman–Crippen MR) is 96.8 cm³/mol. The van der Waals surface area contributed by atoms with Gasteiger partial charge >= 0.3 is 0 Å². The Bertz CT molecular complexity index is 778. The van der Waals surface area contributed by atoms with Gasteiger partial charge in [0.05, 0.1) is 24.2 Å². The largest absolute Gasteiger partial charge is 0.497 e. The number of ether oxygens (including phenoxy) is 1. The maximum atomic E-state index is 11.8. The third kappa shape index (κ3) is 6.10. The highest BCUT2D eigenvalue weighted by molar-refractivity contribution is 8.00. The third-order valence-electron chi connectivity index (χ3n) is 3.28. The van der Waals surface area contributed by atoms with E-state index < -0.39 is 4.92 Å². The Morgan fingerprint density at radius 2 is 1.65 bits per heavy atom. The molecule has 0 spiro atoms. The minimum absolute atomic E-state index is 0.00963. The SMILES string of the molecule is COc1ccc(CC(=O)NNC(=O)CSc2ccc([N+](=O)[O-])cc2)cc1. The smallest absolute Gasteiger partial charge is 0.269 e. The van der Waals surface area contributed by atoms with Crippen LogP contribution in [0.15, 0.2) is 53.4 Å². The summed E-state index contributed by atoms with van der Waals surface area (Å²) in [5.41, 5.74) is 5.46. The van der Waals surface area contributed by atoms with E-state index in [4.69, 9.17) is 4.74 Å². The molecule has 2 aromatic rings. The highest BCUT2D eigenvalue weighted by Crippen LogP contribution is 2.20. The number of nitro groups is 1. The summed E-state index contributed by atoms with van der Waals surface area (Å²) in [6, 6.07) is 12.9. The van der Waals surface area contributed by atoms with Crippen molar-refractivity contribution in [3.8, 4) is 5.75 Å². The van der Waals surface area contributed by atoms with Crippen LogP contribution in [0.3, 0.4) is 0 Å². The number of hydrogen-bond donors (Lipinski definition) is 2. The van der Waals surface area contributed by atoms with E-state index >= 15 is 0 Å². The van der Waals surface area contributed by atoms with E-state index in [0.717, 1.165) is 10.5 Å². The van der Waals surface area contributed by atoms with Gasteiger partial charge in [0.25, 0.3) is 5.69 Å². The fourth-order valence-electron chi connectivity index (χ4n) is 1.96. The topological polar surface area (TPSA) is 111 Å². The Kier molecular flexibility index (Phi) is 6.98. The number of non-ortho nitro benzene ring substituents is 1. The van der Waals surface area contributed by atoms with Crippen molar-refractivity contribution in [3.05, 3.63) is 64.2 Å². The van der Waals surface area contributed by atoms with E-state index in [9.17, 15) is 19.7 Å². The lowest BCUT2D eigenvalue weighted by Crippen LogP contribution is -2.43. The molecule has 0 aliphatic carbocycles. The zero-order valence-corrected chi connectivity index (χ0v) is 14.7. The fraction of sp³-hybridized carbons (Fsp3) is 0.176. The highest BCUT2D eigenvalue weighted by Gasteiger charge is 2.08. The number of nitrogens with one attached hydrogen (secondary N) is 2. The number of rotatable bonds is 7. The van der Waals surface area contributed by atoms with E-state index in [1.165, 1.54) is 23.9 Å². The summed E-state index contributed by atoms with van der Waals surface area (Å²) in [4.78, 5) is 34.4. The lowest BCUT2D eigenvalue weighted by Gasteiger charge is -2.08. The minimum Gasteiger partial charge on any atom is -0.497 e. The summed E-state index contributed by atoms with van der Waals surface area (Å²) in [5, 5.41) is 10.6. The summed E-state index contributed by atoms with van der Waals surface area (Å²) >= 11 is 1.21. The van der Waals surface area contributed by atoms with Gasteiger partial charge in [-0.05, 0) is 29.8 Å². The van der Waals surface area contributed by atoms with Crippen LogP contribution in [-0.4, -0.2) is 29.6 Å². The van der Waals surface area contributed by atoms with Gasteiger partial charge in [0, 0.05) is 17.0 Å². The number of carbonyl (C=O) groups excluding carboxylic acids is 2. The monoisotopic (exact) mass is 375 g/mol. The molecule has 0 aliphatic rings. The van der Waals surface area contributed by atoms with E-state index in [2.05, 4.69) is 10.9 Å². The first-order valence-corrected chi connectivity index (χ1v) is 8.54. The number of nitro benzene ring substituents is 1. The summed E-state index contributed by atoms with van der Waals surface area (Å²) in [6.45, 7) is 0. The number of carbonyl (C=O) groups is 2.